The smallest absolute Gasteiger partial charge is 0.219 e. The first kappa shape index (κ1) is 13.8. The third kappa shape index (κ3) is 2.54. The molecule has 0 amide bonds. The van der Waals surface area contributed by atoms with Crippen LogP contribution in [0.4, 0.5) is 5.69 Å². The van der Waals surface area contributed by atoms with Gasteiger partial charge < -0.3 is 4.74 Å². The lowest BCUT2D eigenvalue weighted by atomic mass is 10.0. The van der Waals surface area contributed by atoms with Crippen molar-refractivity contribution in [3.05, 3.63) is 56.5 Å². The zero-order valence-electron chi connectivity index (χ0n) is 11.1. The monoisotopic (exact) mass is 394 g/mol. The van der Waals surface area contributed by atoms with Gasteiger partial charge in [0.15, 0.2) is 12.8 Å². The van der Waals surface area contributed by atoms with E-state index in [2.05, 4.69) is 73.0 Å². The zero-order chi connectivity index (χ0) is 14.1. The van der Waals surface area contributed by atoms with Crippen LogP contribution in [-0.2, 0) is 6.42 Å². The lowest BCUT2D eigenvalue weighted by Gasteiger charge is -2.15. The Labute approximate surface area is 135 Å². The lowest BCUT2D eigenvalue weighted by Crippen LogP contribution is -2.19. The van der Waals surface area contributed by atoms with Crippen LogP contribution in [0.5, 0.6) is 5.75 Å². The number of rotatable bonds is 2. The van der Waals surface area contributed by atoms with Gasteiger partial charge in [-0.25, -0.2) is 0 Å². The quantitative estimate of drug-likeness (QED) is 0.680. The van der Waals surface area contributed by atoms with Crippen molar-refractivity contribution in [2.24, 2.45) is 0 Å². The van der Waals surface area contributed by atoms with Gasteiger partial charge in [-0.2, -0.15) is 4.58 Å². The normalized spacial score (nSPS) is 13.7. The highest BCUT2D eigenvalue weighted by Gasteiger charge is 2.22. The third-order valence-corrected chi connectivity index (χ3v) is 4.63. The molecular weight excluding hydrogens is 382 g/mol. The Morgan fingerprint density at radius 2 is 2.00 bits per heavy atom. The largest absolute Gasteiger partial charge is 0.496 e. The molecule has 20 heavy (non-hydrogen) atoms. The standard InChI is InChI=1S/C16H14Br2NO/c1-20-16-4-2-3-11-7-8-19(10-13(11)16)15-6-5-12(17)9-14(15)18/h2-6,9-10H,7-8H2,1H3/q+1. The molecule has 3 rings (SSSR count). The van der Waals surface area contributed by atoms with Crippen molar-refractivity contribution in [1.82, 2.24) is 0 Å². The predicted octanol–water partition coefficient (Wildman–Crippen LogP) is 4.54. The van der Waals surface area contributed by atoms with Crippen LogP contribution in [0.1, 0.15) is 11.1 Å². The molecule has 0 N–H and O–H groups in total. The molecule has 0 unspecified atom stereocenters. The first-order chi connectivity index (χ1) is 9.69. The fourth-order valence-electron chi connectivity index (χ4n) is 2.50. The predicted molar refractivity (Wildman–Crippen MR) is 88.5 cm³/mol. The van der Waals surface area contributed by atoms with Crippen LogP contribution >= 0.6 is 31.9 Å². The average molecular weight is 396 g/mol. The summed E-state index contributed by atoms with van der Waals surface area (Å²) < 4.78 is 9.89. The number of halogens is 2. The summed E-state index contributed by atoms with van der Waals surface area (Å²) in [6.07, 6.45) is 3.19. The Bertz CT molecular complexity index is 695. The molecule has 0 radical (unpaired) electrons. The third-order valence-electron chi connectivity index (χ3n) is 3.50. The highest BCUT2D eigenvalue weighted by atomic mass is 79.9. The summed E-state index contributed by atoms with van der Waals surface area (Å²) >= 11 is 7.13. The molecule has 1 aliphatic rings. The van der Waals surface area contributed by atoms with Crippen LogP contribution in [0.15, 0.2) is 45.3 Å². The second-order valence-corrected chi connectivity index (χ2v) is 6.47. The Morgan fingerprint density at radius 1 is 1.15 bits per heavy atom. The van der Waals surface area contributed by atoms with E-state index < -0.39 is 0 Å². The molecule has 102 valence electrons. The topological polar surface area (TPSA) is 12.2 Å². The number of methoxy groups -OCH3 is 1. The van der Waals surface area contributed by atoms with Crippen molar-refractivity contribution >= 4 is 43.8 Å². The van der Waals surface area contributed by atoms with Crippen molar-refractivity contribution in [2.45, 2.75) is 6.42 Å². The minimum absolute atomic E-state index is 0.931. The number of nitrogens with zero attached hydrogens (tertiary/aromatic N) is 1. The summed E-state index contributed by atoms with van der Waals surface area (Å²) in [5.74, 6) is 0.931. The molecule has 0 spiro atoms. The maximum absolute atomic E-state index is 5.47. The van der Waals surface area contributed by atoms with Crippen LogP contribution < -0.4 is 4.74 Å². The second kappa shape index (κ2) is 5.70. The first-order valence-electron chi connectivity index (χ1n) is 6.41. The van der Waals surface area contributed by atoms with Crippen LogP contribution in [-0.4, -0.2) is 24.4 Å². The average Bonchev–Trinajstić information content (AvgIpc) is 2.46. The summed E-state index contributed by atoms with van der Waals surface area (Å²) in [6.45, 7) is 0.973. The fraction of sp³-hybridized carbons (Fsp3) is 0.188. The number of benzene rings is 2. The van der Waals surface area contributed by atoms with Gasteiger partial charge in [0.1, 0.15) is 5.75 Å². The molecule has 2 nitrogen and oxygen atoms in total. The molecule has 0 aliphatic carbocycles. The van der Waals surface area contributed by atoms with E-state index in [1.54, 1.807) is 7.11 Å². The van der Waals surface area contributed by atoms with Gasteiger partial charge in [-0.3, -0.25) is 0 Å². The van der Waals surface area contributed by atoms with E-state index in [4.69, 9.17) is 4.74 Å². The van der Waals surface area contributed by atoms with Gasteiger partial charge in [0.05, 0.1) is 17.1 Å². The summed E-state index contributed by atoms with van der Waals surface area (Å²) in [5, 5.41) is 0. The fourth-order valence-corrected chi connectivity index (χ4v) is 3.77. The van der Waals surface area contributed by atoms with Crippen LogP contribution in [0, 0.1) is 0 Å². The van der Waals surface area contributed by atoms with E-state index in [0.717, 1.165) is 27.7 Å². The first-order valence-corrected chi connectivity index (χ1v) is 8.00. The molecule has 2 aromatic rings. The molecule has 4 heteroatoms. The van der Waals surface area contributed by atoms with Crippen molar-refractivity contribution in [3.8, 4) is 5.75 Å². The molecule has 0 saturated heterocycles. The van der Waals surface area contributed by atoms with E-state index in [1.165, 1.54) is 16.8 Å². The summed E-state index contributed by atoms with van der Waals surface area (Å²) in [4.78, 5) is 0. The molecule has 0 saturated carbocycles. The van der Waals surface area contributed by atoms with Gasteiger partial charge in [0.25, 0.3) is 0 Å². The van der Waals surface area contributed by atoms with Crippen LogP contribution in [0.25, 0.3) is 0 Å². The van der Waals surface area contributed by atoms with Gasteiger partial charge in [0, 0.05) is 17.0 Å². The molecule has 0 bridgehead atoms. The maximum atomic E-state index is 5.47. The van der Waals surface area contributed by atoms with Gasteiger partial charge in [-0.05, 0) is 39.7 Å². The van der Waals surface area contributed by atoms with E-state index in [9.17, 15) is 0 Å². The number of hydrogen-bond donors (Lipinski definition) is 0. The highest BCUT2D eigenvalue weighted by molar-refractivity contribution is 9.11. The Balaban J connectivity index is 2.10. The van der Waals surface area contributed by atoms with Crippen molar-refractivity contribution in [3.63, 3.8) is 0 Å². The van der Waals surface area contributed by atoms with Crippen molar-refractivity contribution in [1.29, 1.82) is 0 Å². The minimum atomic E-state index is 0.931. The number of ether oxygens (including phenoxy) is 1. The molecule has 1 aliphatic heterocycles. The van der Waals surface area contributed by atoms with Crippen LogP contribution in [0.3, 0.4) is 0 Å². The van der Waals surface area contributed by atoms with Crippen molar-refractivity contribution in [2.75, 3.05) is 13.7 Å². The minimum Gasteiger partial charge on any atom is -0.496 e. The number of fused-ring (bicyclic) bond motifs is 1. The Kier molecular flexibility index (Phi) is 3.94. The molecular formula is C16H14Br2NO+. The van der Waals surface area contributed by atoms with Crippen molar-refractivity contribution < 1.29 is 9.31 Å². The second-order valence-electron chi connectivity index (χ2n) is 4.70. The number of hydrogen-bond acceptors (Lipinski definition) is 1. The van der Waals surface area contributed by atoms with Crippen LogP contribution in [0.2, 0.25) is 0 Å². The summed E-state index contributed by atoms with van der Waals surface area (Å²) in [5.41, 5.74) is 3.69. The SMILES string of the molecule is COc1cccc2c1C=[N+](c1ccc(Br)cc1Br)CC2. The van der Waals surface area contributed by atoms with E-state index in [0.29, 0.717) is 0 Å². The lowest BCUT2D eigenvalue weighted by molar-refractivity contribution is -0.437. The van der Waals surface area contributed by atoms with Gasteiger partial charge in [-0.15, -0.1) is 0 Å². The highest BCUT2D eigenvalue weighted by Crippen LogP contribution is 2.31. The molecule has 1 heterocycles. The maximum Gasteiger partial charge on any atom is 0.219 e. The van der Waals surface area contributed by atoms with E-state index in [-0.39, 0.29) is 0 Å². The summed E-state index contributed by atoms with van der Waals surface area (Å²) in [6, 6.07) is 12.5. The van der Waals surface area contributed by atoms with Gasteiger partial charge in [0.2, 0.25) is 5.69 Å². The van der Waals surface area contributed by atoms with Gasteiger partial charge in [-0.1, -0.05) is 28.1 Å². The molecule has 2 aromatic carbocycles. The summed E-state index contributed by atoms with van der Waals surface area (Å²) in [7, 11) is 1.72. The van der Waals surface area contributed by atoms with Gasteiger partial charge >= 0.3 is 0 Å². The molecule has 0 fully saturated rings. The van der Waals surface area contributed by atoms with E-state index in [1.807, 2.05) is 6.07 Å². The Morgan fingerprint density at radius 3 is 2.75 bits per heavy atom. The molecule has 0 atom stereocenters. The molecule has 0 aromatic heterocycles. The van der Waals surface area contributed by atoms with E-state index >= 15 is 0 Å². The Hall–Kier alpha value is -1.13. The zero-order valence-corrected chi connectivity index (χ0v) is 14.2.